The van der Waals surface area contributed by atoms with Crippen molar-refractivity contribution in [3.05, 3.63) is 30.0 Å². The molecule has 2 atom stereocenters. The van der Waals surface area contributed by atoms with E-state index < -0.39 is 17.8 Å². The number of nitrogens with zero attached hydrogens (tertiary/aromatic N) is 3. The standard InChI is InChI=1S/C18H25N3O4/c1-18(2,3)25-17(24)20-9-8-14(20)16(23)15-12-6-4-5-7-13(12)19-21(15)10-11-22/h4-7,14,16,22-23H,8-11H2,1-3H3/t14-,16?/m0/s1. The van der Waals surface area contributed by atoms with Gasteiger partial charge in [-0.25, -0.2) is 4.79 Å². The van der Waals surface area contributed by atoms with Gasteiger partial charge in [0, 0.05) is 11.9 Å². The number of amides is 1. The number of hydrogen-bond acceptors (Lipinski definition) is 5. The molecule has 1 aliphatic rings. The van der Waals surface area contributed by atoms with E-state index in [4.69, 9.17) is 4.74 Å². The van der Waals surface area contributed by atoms with Crippen LogP contribution in [-0.2, 0) is 11.3 Å². The Morgan fingerprint density at radius 1 is 1.40 bits per heavy atom. The fraction of sp³-hybridized carbons (Fsp3) is 0.556. The second kappa shape index (κ2) is 6.65. The molecule has 0 saturated carbocycles. The minimum absolute atomic E-state index is 0.0752. The highest BCUT2D eigenvalue weighted by Crippen LogP contribution is 2.34. The number of rotatable bonds is 4. The minimum atomic E-state index is -0.889. The number of carbonyl (C=O) groups is 1. The third kappa shape index (κ3) is 3.48. The number of fused-ring (bicyclic) bond motifs is 1. The summed E-state index contributed by atoms with van der Waals surface area (Å²) in [4.78, 5) is 13.9. The fourth-order valence-electron chi connectivity index (χ4n) is 3.14. The molecule has 0 aliphatic carbocycles. The average molecular weight is 347 g/mol. The number of carbonyl (C=O) groups excluding carboxylic acids is 1. The van der Waals surface area contributed by atoms with E-state index in [0.717, 1.165) is 10.9 Å². The van der Waals surface area contributed by atoms with E-state index in [9.17, 15) is 15.0 Å². The maximum absolute atomic E-state index is 12.3. The Labute approximate surface area is 146 Å². The lowest BCUT2D eigenvalue weighted by Crippen LogP contribution is -2.55. The first kappa shape index (κ1) is 17.7. The maximum atomic E-state index is 12.3. The summed E-state index contributed by atoms with van der Waals surface area (Å²) in [5.41, 5.74) is 0.809. The zero-order valence-electron chi connectivity index (χ0n) is 14.8. The van der Waals surface area contributed by atoms with Crippen LogP contribution in [-0.4, -0.2) is 55.8 Å². The van der Waals surface area contributed by atoms with Gasteiger partial charge in [-0.2, -0.15) is 5.10 Å². The van der Waals surface area contributed by atoms with Gasteiger partial charge in [-0.15, -0.1) is 0 Å². The normalized spacial score (nSPS) is 18.9. The summed E-state index contributed by atoms with van der Waals surface area (Å²) in [6.45, 7) is 6.23. The summed E-state index contributed by atoms with van der Waals surface area (Å²) in [5.74, 6) is 0. The van der Waals surface area contributed by atoms with Crippen LogP contribution >= 0.6 is 0 Å². The van der Waals surface area contributed by atoms with Crippen molar-refractivity contribution >= 4 is 17.0 Å². The van der Waals surface area contributed by atoms with Gasteiger partial charge < -0.3 is 19.8 Å². The highest BCUT2D eigenvalue weighted by atomic mass is 16.6. The number of aliphatic hydroxyl groups excluding tert-OH is 2. The van der Waals surface area contributed by atoms with Gasteiger partial charge >= 0.3 is 6.09 Å². The van der Waals surface area contributed by atoms with Crippen molar-refractivity contribution in [1.29, 1.82) is 0 Å². The van der Waals surface area contributed by atoms with Crippen molar-refractivity contribution in [2.75, 3.05) is 13.2 Å². The summed E-state index contributed by atoms with van der Waals surface area (Å²) in [5, 5.41) is 25.6. The summed E-state index contributed by atoms with van der Waals surface area (Å²) in [6, 6.07) is 7.17. The third-order valence-corrected chi connectivity index (χ3v) is 4.34. The molecule has 1 fully saturated rings. The van der Waals surface area contributed by atoms with Crippen LogP contribution in [0, 0.1) is 0 Å². The molecule has 1 aromatic carbocycles. The van der Waals surface area contributed by atoms with Crippen molar-refractivity contribution < 1.29 is 19.7 Å². The number of aromatic nitrogens is 2. The van der Waals surface area contributed by atoms with Gasteiger partial charge in [0.05, 0.1) is 30.4 Å². The van der Waals surface area contributed by atoms with Crippen LogP contribution in [0.4, 0.5) is 4.79 Å². The molecular weight excluding hydrogens is 322 g/mol. The van der Waals surface area contributed by atoms with E-state index in [0.29, 0.717) is 25.2 Å². The number of hydrogen-bond donors (Lipinski definition) is 2. The van der Waals surface area contributed by atoms with Gasteiger partial charge in [-0.05, 0) is 33.3 Å². The second-order valence-electron chi connectivity index (χ2n) is 7.32. The number of aliphatic hydroxyl groups is 2. The van der Waals surface area contributed by atoms with Crippen LogP contribution in [0.5, 0.6) is 0 Å². The third-order valence-electron chi connectivity index (χ3n) is 4.34. The van der Waals surface area contributed by atoms with E-state index in [1.807, 2.05) is 45.0 Å². The quantitative estimate of drug-likeness (QED) is 0.884. The number of likely N-dealkylation sites (tertiary alicyclic amines) is 1. The van der Waals surface area contributed by atoms with Crippen molar-refractivity contribution in [1.82, 2.24) is 14.7 Å². The Bertz CT molecular complexity index is 765. The molecule has 0 bridgehead atoms. The zero-order chi connectivity index (χ0) is 18.2. The molecule has 2 heterocycles. The van der Waals surface area contributed by atoms with Crippen LogP contribution in [0.15, 0.2) is 24.3 Å². The van der Waals surface area contributed by atoms with Gasteiger partial charge in [0.2, 0.25) is 0 Å². The average Bonchev–Trinajstić information content (AvgIpc) is 2.82. The molecule has 1 aromatic heterocycles. The van der Waals surface area contributed by atoms with Crippen molar-refractivity contribution in [3.8, 4) is 0 Å². The predicted octanol–water partition coefficient (Wildman–Crippen LogP) is 2.07. The van der Waals surface area contributed by atoms with Crippen molar-refractivity contribution in [2.24, 2.45) is 0 Å². The molecule has 2 N–H and O–H groups in total. The zero-order valence-corrected chi connectivity index (χ0v) is 14.8. The summed E-state index contributed by atoms with van der Waals surface area (Å²) in [6.07, 6.45) is -0.612. The second-order valence-corrected chi connectivity index (χ2v) is 7.32. The number of ether oxygens (including phenoxy) is 1. The molecule has 0 radical (unpaired) electrons. The molecule has 136 valence electrons. The Kier molecular flexibility index (Phi) is 4.71. The molecule has 7 nitrogen and oxygen atoms in total. The molecule has 7 heteroatoms. The Hall–Kier alpha value is -2.12. The van der Waals surface area contributed by atoms with E-state index in [-0.39, 0.29) is 12.6 Å². The number of benzene rings is 1. The van der Waals surface area contributed by atoms with Crippen LogP contribution in [0.1, 0.15) is 39.0 Å². The maximum Gasteiger partial charge on any atom is 0.410 e. The highest BCUT2D eigenvalue weighted by Gasteiger charge is 2.41. The Balaban J connectivity index is 1.88. The predicted molar refractivity (Wildman–Crippen MR) is 93.1 cm³/mol. The lowest BCUT2D eigenvalue weighted by molar-refractivity contribution is -0.0428. The van der Waals surface area contributed by atoms with E-state index in [1.165, 1.54) is 0 Å². The minimum Gasteiger partial charge on any atom is -0.444 e. The van der Waals surface area contributed by atoms with E-state index >= 15 is 0 Å². The van der Waals surface area contributed by atoms with E-state index in [2.05, 4.69) is 5.10 Å². The van der Waals surface area contributed by atoms with Crippen LogP contribution in [0.3, 0.4) is 0 Å². The molecule has 0 spiro atoms. The lowest BCUT2D eigenvalue weighted by atomic mass is 9.94. The van der Waals surface area contributed by atoms with Crippen LogP contribution in [0.25, 0.3) is 10.9 Å². The first-order valence-electron chi connectivity index (χ1n) is 8.56. The van der Waals surface area contributed by atoms with Gasteiger partial charge in [-0.1, -0.05) is 18.2 Å². The molecule has 1 unspecified atom stereocenters. The van der Waals surface area contributed by atoms with Gasteiger partial charge in [0.25, 0.3) is 0 Å². The molecule has 2 aromatic rings. The molecule has 1 saturated heterocycles. The van der Waals surface area contributed by atoms with Crippen molar-refractivity contribution in [2.45, 2.75) is 51.5 Å². The van der Waals surface area contributed by atoms with Gasteiger partial charge in [0.15, 0.2) is 0 Å². The molecule has 1 amide bonds. The summed E-state index contributed by atoms with van der Waals surface area (Å²) < 4.78 is 7.04. The summed E-state index contributed by atoms with van der Waals surface area (Å²) >= 11 is 0. The lowest BCUT2D eigenvalue weighted by Gasteiger charge is -2.43. The van der Waals surface area contributed by atoms with Crippen LogP contribution < -0.4 is 0 Å². The Morgan fingerprint density at radius 3 is 2.72 bits per heavy atom. The Morgan fingerprint density at radius 2 is 2.12 bits per heavy atom. The monoisotopic (exact) mass is 347 g/mol. The first-order chi connectivity index (χ1) is 11.8. The summed E-state index contributed by atoms with van der Waals surface area (Å²) in [7, 11) is 0. The molecule has 25 heavy (non-hydrogen) atoms. The highest BCUT2D eigenvalue weighted by molar-refractivity contribution is 5.82. The van der Waals surface area contributed by atoms with E-state index in [1.54, 1.807) is 9.58 Å². The van der Waals surface area contributed by atoms with Crippen LogP contribution in [0.2, 0.25) is 0 Å². The van der Waals surface area contributed by atoms with Gasteiger partial charge in [0.1, 0.15) is 11.7 Å². The van der Waals surface area contributed by atoms with Crippen molar-refractivity contribution in [3.63, 3.8) is 0 Å². The SMILES string of the molecule is CC(C)(C)OC(=O)N1CC[C@H]1C(O)c1c2ccccc2nn1CCO. The molecular formula is C18H25N3O4. The topological polar surface area (TPSA) is 87.8 Å². The largest absolute Gasteiger partial charge is 0.444 e. The van der Waals surface area contributed by atoms with Gasteiger partial charge in [-0.3, -0.25) is 4.68 Å². The fourth-order valence-corrected chi connectivity index (χ4v) is 3.14. The first-order valence-corrected chi connectivity index (χ1v) is 8.56. The molecule has 1 aliphatic heterocycles. The smallest absolute Gasteiger partial charge is 0.410 e. The molecule has 3 rings (SSSR count).